The third-order valence-electron chi connectivity index (χ3n) is 6.90. The van der Waals surface area contributed by atoms with Gasteiger partial charge >= 0.3 is 6.16 Å². The fourth-order valence-corrected chi connectivity index (χ4v) is 4.81. The average Bonchev–Trinajstić information content (AvgIpc) is 3.01. The molecule has 11 heteroatoms. The molecule has 0 bridgehead atoms. The lowest BCUT2D eigenvalue weighted by molar-refractivity contribution is -0.124. The van der Waals surface area contributed by atoms with Crippen LogP contribution >= 0.6 is 0 Å². The van der Waals surface area contributed by atoms with Gasteiger partial charge in [0.05, 0.1) is 27.9 Å². The molecular weight excluding hydrogens is 566 g/mol. The molecule has 0 saturated heterocycles. The van der Waals surface area contributed by atoms with Crippen LogP contribution in [-0.2, 0) is 9.53 Å². The van der Waals surface area contributed by atoms with Crippen molar-refractivity contribution in [1.29, 1.82) is 0 Å². The summed E-state index contributed by atoms with van der Waals surface area (Å²) in [6.07, 6.45) is 0.679. The first-order valence-electron chi connectivity index (χ1n) is 14.4. The first-order chi connectivity index (χ1) is 21.1. The van der Waals surface area contributed by atoms with Crippen LogP contribution in [0, 0.1) is 5.92 Å². The minimum Gasteiger partial charge on any atom is -0.497 e. The van der Waals surface area contributed by atoms with Gasteiger partial charge in [0.15, 0.2) is 11.4 Å². The Labute approximate surface area is 258 Å². The highest BCUT2D eigenvalue weighted by Gasteiger charge is 2.30. The van der Waals surface area contributed by atoms with E-state index in [-0.39, 0.29) is 47.6 Å². The molecule has 44 heavy (non-hydrogen) atoms. The molecule has 0 saturated carbocycles. The first kappa shape index (κ1) is 33.7. The van der Waals surface area contributed by atoms with E-state index in [0.29, 0.717) is 6.42 Å². The molecule has 1 heterocycles. The van der Waals surface area contributed by atoms with Gasteiger partial charge < -0.3 is 34.3 Å². The van der Waals surface area contributed by atoms with E-state index in [4.69, 9.17) is 23.7 Å². The van der Waals surface area contributed by atoms with E-state index in [9.17, 15) is 14.4 Å². The second-order valence-corrected chi connectivity index (χ2v) is 10.5. The minimum absolute atomic E-state index is 0.0638. The summed E-state index contributed by atoms with van der Waals surface area (Å²) in [5.74, 6) is 0.0956. The zero-order valence-electron chi connectivity index (χ0n) is 26.2. The Kier molecular flexibility index (Phi) is 12.4. The van der Waals surface area contributed by atoms with E-state index in [0.717, 1.165) is 22.6 Å². The number of benzene rings is 2. The van der Waals surface area contributed by atoms with Crippen LogP contribution < -0.4 is 29.6 Å². The minimum atomic E-state index is -1.01. The van der Waals surface area contributed by atoms with Gasteiger partial charge in [0.25, 0.3) is 5.91 Å². The summed E-state index contributed by atoms with van der Waals surface area (Å²) in [5, 5.41) is 5.90. The number of hydrogen-bond donors (Lipinski definition) is 2. The highest BCUT2D eigenvalue weighted by Crippen LogP contribution is 2.32. The number of nitrogens with zero attached hydrogens (tertiary/aromatic N) is 1. The molecule has 1 aromatic heterocycles. The van der Waals surface area contributed by atoms with Gasteiger partial charge in [0.1, 0.15) is 17.5 Å². The lowest BCUT2D eigenvalue weighted by Crippen LogP contribution is -2.51. The molecule has 0 fully saturated rings. The van der Waals surface area contributed by atoms with E-state index in [2.05, 4.69) is 15.6 Å². The predicted octanol–water partition coefficient (Wildman–Crippen LogP) is 5.12. The molecule has 3 rings (SSSR count). The van der Waals surface area contributed by atoms with Gasteiger partial charge in [-0.25, -0.2) is 9.78 Å². The quantitative estimate of drug-likeness (QED) is 0.239. The molecule has 0 spiro atoms. The van der Waals surface area contributed by atoms with Crippen LogP contribution in [0.4, 0.5) is 4.79 Å². The molecular formula is C33H41N3O8. The van der Waals surface area contributed by atoms with Gasteiger partial charge in [0.2, 0.25) is 11.7 Å². The molecule has 11 nitrogen and oxygen atoms in total. The fourth-order valence-electron chi connectivity index (χ4n) is 4.81. The van der Waals surface area contributed by atoms with E-state index < -0.39 is 18.1 Å². The van der Waals surface area contributed by atoms with Crippen LogP contribution in [0.15, 0.2) is 60.8 Å². The van der Waals surface area contributed by atoms with Crippen molar-refractivity contribution < 1.29 is 38.1 Å². The Morgan fingerprint density at radius 2 is 1.36 bits per heavy atom. The van der Waals surface area contributed by atoms with E-state index in [1.165, 1.54) is 19.4 Å². The van der Waals surface area contributed by atoms with Gasteiger partial charge in [-0.2, -0.15) is 0 Å². The SMILES string of the molecule is CCOC(=O)Oc1c(OC)ccnc1C(=O)N[C@@H](CC(C)C)C(=O)N[C@@H](C)C(c1ccc(OC)cc1)c1ccc(OC)cc1. The maximum atomic E-state index is 13.8. The lowest BCUT2D eigenvalue weighted by Gasteiger charge is -2.29. The summed E-state index contributed by atoms with van der Waals surface area (Å²) in [5.41, 5.74) is 1.71. The van der Waals surface area contributed by atoms with Gasteiger partial charge in [0, 0.05) is 24.2 Å². The summed E-state index contributed by atoms with van der Waals surface area (Å²) in [6.45, 7) is 7.52. The number of amides is 2. The van der Waals surface area contributed by atoms with Crippen molar-refractivity contribution in [3.8, 4) is 23.0 Å². The lowest BCUT2D eigenvalue weighted by atomic mass is 9.85. The van der Waals surface area contributed by atoms with Crippen LogP contribution in [0.3, 0.4) is 0 Å². The van der Waals surface area contributed by atoms with Crippen molar-refractivity contribution >= 4 is 18.0 Å². The zero-order chi connectivity index (χ0) is 32.2. The molecule has 0 aliphatic carbocycles. The molecule has 0 radical (unpaired) electrons. The van der Waals surface area contributed by atoms with Gasteiger partial charge in [-0.05, 0) is 61.6 Å². The van der Waals surface area contributed by atoms with E-state index in [1.54, 1.807) is 21.1 Å². The van der Waals surface area contributed by atoms with Gasteiger partial charge in [-0.3, -0.25) is 9.59 Å². The number of pyridine rings is 1. The van der Waals surface area contributed by atoms with Crippen LogP contribution in [0.5, 0.6) is 23.0 Å². The smallest absolute Gasteiger partial charge is 0.497 e. The summed E-state index contributed by atoms with van der Waals surface area (Å²) in [4.78, 5) is 43.5. The third kappa shape index (κ3) is 8.85. The molecule has 2 N–H and O–H groups in total. The van der Waals surface area contributed by atoms with Gasteiger partial charge in [-0.1, -0.05) is 38.1 Å². The summed E-state index contributed by atoms with van der Waals surface area (Å²) in [7, 11) is 4.58. The molecule has 2 amide bonds. The highest BCUT2D eigenvalue weighted by molar-refractivity contribution is 5.99. The maximum Gasteiger partial charge on any atom is 0.514 e. The Morgan fingerprint density at radius 1 is 0.795 bits per heavy atom. The van der Waals surface area contributed by atoms with Crippen LogP contribution in [0.1, 0.15) is 61.6 Å². The molecule has 3 aromatic rings. The van der Waals surface area contributed by atoms with E-state index in [1.807, 2.05) is 69.3 Å². The standard InChI is InChI=1S/C33H41N3O8/c1-8-43-33(39)44-30-27(42-7)17-18-34-29(30)32(38)36-26(19-20(2)3)31(37)35-21(4)28(22-9-13-24(40-5)14-10-22)23-11-15-25(41-6)16-12-23/h9-18,20-21,26,28H,8,19H2,1-7H3,(H,35,37)(H,36,38)/t21-,26-/m0/s1. The number of nitrogens with one attached hydrogen (secondary N) is 2. The summed E-state index contributed by atoms with van der Waals surface area (Å²) < 4.78 is 26.1. The molecule has 0 aliphatic rings. The molecule has 2 aromatic carbocycles. The topological polar surface area (TPSA) is 134 Å². The van der Waals surface area contributed by atoms with Crippen molar-refractivity contribution in [1.82, 2.24) is 15.6 Å². The van der Waals surface area contributed by atoms with Crippen molar-refractivity contribution in [2.75, 3.05) is 27.9 Å². The maximum absolute atomic E-state index is 13.8. The molecule has 0 unspecified atom stereocenters. The third-order valence-corrected chi connectivity index (χ3v) is 6.90. The first-order valence-corrected chi connectivity index (χ1v) is 14.4. The number of methoxy groups -OCH3 is 3. The van der Waals surface area contributed by atoms with Crippen LogP contribution in [0.2, 0.25) is 0 Å². The number of rotatable bonds is 14. The zero-order valence-corrected chi connectivity index (χ0v) is 26.2. The molecule has 0 aliphatic heterocycles. The normalized spacial score (nSPS) is 12.2. The van der Waals surface area contributed by atoms with Crippen molar-refractivity contribution in [2.45, 2.75) is 52.1 Å². The van der Waals surface area contributed by atoms with Crippen molar-refractivity contribution in [3.63, 3.8) is 0 Å². The Hall–Kier alpha value is -4.80. The Bertz CT molecular complexity index is 1350. The molecule has 236 valence electrons. The Balaban J connectivity index is 1.89. The average molecular weight is 608 g/mol. The van der Waals surface area contributed by atoms with Gasteiger partial charge in [-0.15, -0.1) is 0 Å². The van der Waals surface area contributed by atoms with Crippen LogP contribution in [-0.4, -0.2) is 63.0 Å². The largest absolute Gasteiger partial charge is 0.514 e. The van der Waals surface area contributed by atoms with E-state index >= 15 is 0 Å². The summed E-state index contributed by atoms with van der Waals surface area (Å²) in [6, 6.07) is 15.5. The number of hydrogen-bond acceptors (Lipinski definition) is 9. The predicted molar refractivity (Wildman–Crippen MR) is 165 cm³/mol. The van der Waals surface area contributed by atoms with Crippen LogP contribution in [0.25, 0.3) is 0 Å². The van der Waals surface area contributed by atoms with Crippen molar-refractivity contribution in [3.05, 3.63) is 77.6 Å². The molecule has 2 atom stereocenters. The number of aromatic nitrogens is 1. The monoisotopic (exact) mass is 607 g/mol. The number of carbonyl (C=O) groups is 3. The fraction of sp³-hybridized carbons (Fsp3) is 0.394. The number of ether oxygens (including phenoxy) is 5. The van der Waals surface area contributed by atoms with Crippen molar-refractivity contribution in [2.24, 2.45) is 5.92 Å². The highest BCUT2D eigenvalue weighted by atomic mass is 16.7. The second kappa shape index (κ2) is 16.2. The Morgan fingerprint density at radius 3 is 1.84 bits per heavy atom. The summed E-state index contributed by atoms with van der Waals surface area (Å²) >= 11 is 0. The number of carbonyl (C=O) groups excluding carboxylic acids is 3. The second-order valence-electron chi connectivity index (χ2n) is 10.5.